The van der Waals surface area contributed by atoms with Gasteiger partial charge >= 0.3 is 0 Å². The van der Waals surface area contributed by atoms with Crippen LogP contribution < -0.4 is 4.72 Å². The Morgan fingerprint density at radius 2 is 1.56 bits per heavy atom. The highest BCUT2D eigenvalue weighted by Gasteiger charge is 2.30. The summed E-state index contributed by atoms with van der Waals surface area (Å²) in [6, 6.07) is 8.22. The van der Waals surface area contributed by atoms with Crippen LogP contribution in [0.3, 0.4) is 0 Å². The molecule has 2 unspecified atom stereocenters. The van der Waals surface area contributed by atoms with Crippen molar-refractivity contribution in [3.63, 3.8) is 0 Å². The lowest BCUT2D eigenvalue weighted by Crippen LogP contribution is -2.51. The SMILES string of the molecule is CC1CN(S(=O)(=O)NCc2ccc(CN3CCN(C)CC3)cc2)CC(C)O1. The fourth-order valence-electron chi connectivity index (χ4n) is 3.62. The molecular formula is C19H32N4O3S. The normalized spacial score (nSPS) is 26.3. The highest BCUT2D eigenvalue weighted by Crippen LogP contribution is 2.14. The molecule has 1 N–H and O–H groups in total. The molecule has 2 aliphatic rings. The predicted octanol–water partition coefficient (Wildman–Crippen LogP) is 0.878. The van der Waals surface area contributed by atoms with Gasteiger partial charge in [-0.3, -0.25) is 4.90 Å². The Kier molecular flexibility index (Phi) is 6.88. The number of rotatable bonds is 6. The maximum atomic E-state index is 12.6. The zero-order valence-electron chi connectivity index (χ0n) is 16.6. The number of benzene rings is 1. The number of hydrogen-bond acceptors (Lipinski definition) is 5. The predicted molar refractivity (Wildman–Crippen MR) is 107 cm³/mol. The van der Waals surface area contributed by atoms with Crippen LogP contribution in [-0.2, 0) is 28.0 Å². The molecule has 8 heteroatoms. The van der Waals surface area contributed by atoms with Gasteiger partial charge < -0.3 is 9.64 Å². The molecule has 0 spiro atoms. The molecule has 2 aliphatic heterocycles. The molecule has 7 nitrogen and oxygen atoms in total. The van der Waals surface area contributed by atoms with Crippen molar-refractivity contribution in [3.05, 3.63) is 35.4 Å². The summed E-state index contributed by atoms with van der Waals surface area (Å²) in [6.07, 6.45) is -0.168. The first kappa shape index (κ1) is 20.7. The van der Waals surface area contributed by atoms with Crippen molar-refractivity contribution in [2.24, 2.45) is 0 Å². The monoisotopic (exact) mass is 396 g/mol. The fraction of sp³-hybridized carbons (Fsp3) is 0.684. The van der Waals surface area contributed by atoms with Crippen molar-refractivity contribution in [1.82, 2.24) is 18.8 Å². The summed E-state index contributed by atoms with van der Waals surface area (Å²) >= 11 is 0. The van der Waals surface area contributed by atoms with Gasteiger partial charge in [-0.25, -0.2) is 0 Å². The second-order valence-electron chi connectivity index (χ2n) is 7.80. The van der Waals surface area contributed by atoms with Crippen molar-refractivity contribution in [2.45, 2.75) is 39.1 Å². The smallest absolute Gasteiger partial charge is 0.279 e. The number of piperazine rings is 1. The fourth-order valence-corrected chi connectivity index (χ4v) is 4.96. The van der Waals surface area contributed by atoms with E-state index in [1.807, 2.05) is 26.0 Å². The lowest BCUT2D eigenvalue weighted by atomic mass is 10.1. The van der Waals surface area contributed by atoms with Crippen LogP contribution in [0.25, 0.3) is 0 Å². The molecule has 2 heterocycles. The number of likely N-dealkylation sites (N-methyl/N-ethyl adjacent to an activating group) is 1. The van der Waals surface area contributed by atoms with Crippen molar-refractivity contribution in [3.8, 4) is 0 Å². The third kappa shape index (κ3) is 5.97. The summed E-state index contributed by atoms with van der Waals surface area (Å²) in [7, 11) is -1.34. The Hall–Kier alpha value is -1.03. The molecule has 0 radical (unpaired) electrons. The van der Waals surface area contributed by atoms with E-state index in [0.717, 1.165) is 38.3 Å². The molecule has 152 valence electrons. The van der Waals surface area contributed by atoms with Crippen LogP contribution in [-0.4, -0.2) is 81.0 Å². The van der Waals surface area contributed by atoms with Gasteiger partial charge in [0.15, 0.2) is 0 Å². The second-order valence-corrected chi connectivity index (χ2v) is 9.55. The molecule has 0 amide bonds. The molecule has 2 fully saturated rings. The molecule has 2 saturated heterocycles. The summed E-state index contributed by atoms with van der Waals surface area (Å²) < 4.78 is 34.9. The van der Waals surface area contributed by atoms with Crippen molar-refractivity contribution >= 4 is 10.2 Å². The van der Waals surface area contributed by atoms with Crippen molar-refractivity contribution < 1.29 is 13.2 Å². The Balaban J connectivity index is 1.50. The molecule has 27 heavy (non-hydrogen) atoms. The summed E-state index contributed by atoms with van der Waals surface area (Å²) in [5.41, 5.74) is 2.23. The van der Waals surface area contributed by atoms with E-state index < -0.39 is 10.2 Å². The maximum Gasteiger partial charge on any atom is 0.279 e. The van der Waals surface area contributed by atoms with Crippen LogP contribution in [0.15, 0.2) is 24.3 Å². The number of hydrogen-bond donors (Lipinski definition) is 1. The Bertz CT molecular complexity index is 692. The number of nitrogens with one attached hydrogen (secondary N) is 1. The molecule has 1 aromatic rings. The highest BCUT2D eigenvalue weighted by atomic mass is 32.2. The number of ether oxygens (including phenoxy) is 1. The first-order valence-electron chi connectivity index (χ1n) is 9.71. The molecule has 2 atom stereocenters. The van der Waals surface area contributed by atoms with Crippen molar-refractivity contribution in [1.29, 1.82) is 0 Å². The third-order valence-electron chi connectivity index (χ3n) is 5.21. The van der Waals surface area contributed by atoms with Gasteiger partial charge in [0.1, 0.15) is 0 Å². The van der Waals surface area contributed by atoms with Gasteiger partial charge in [-0.1, -0.05) is 24.3 Å². The Morgan fingerprint density at radius 3 is 2.15 bits per heavy atom. The van der Waals surface area contributed by atoms with Gasteiger partial charge in [0.2, 0.25) is 0 Å². The van der Waals surface area contributed by atoms with E-state index in [-0.39, 0.29) is 12.2 Å². The number of nitrogens with zero attached hydrogens (tertiary/aromatic N) is 3. The molecule has 1 aromatic carbocycles. The van der Waals surface area contributed by atoms with Crippen LogP contribution in [0.2, 0.25) is 0 Å². The van der Waals surface area contributed by atoms with Gasteiger partial charge in [-0.05, 0) is 32.0 Å². The first-order chi connectivity index (χ1) is 12.8. The maximum absolute atomic E-state index is 12.6. The standard InChI is InChI=1S/C19H32N4O3S/c1-16-13-23(14-17(2)26-16)27(24,25)20-12-18-4-6-19(7-5-18)15-22-10-8-21(3)9-11-22/h4-7,16-17,20H,8-15H2,1-3H3. The molecule has 0 aliphatic carbocycles. The van der Waals surface area contributed by atoms with E-state index in [1.165, 1.54) is 9.87 Å². The minimum absolute atomic E-state index is 0.0841. The first-order valence-corrected chi connectivity index (χ1v) is 11.1. The zero-order chi connectivity index (χ0) is 19.4. The van der Waals surface area contributed by atoms with Gasteiger partial charge in [0.25, 0.3) is 10.2 Å². The molecule has 3 rings (SSSR count). The third-order valence-corrected chi connectivity index (χ3v) is 6.70. The zero-order valence-corrected chi connectivity index (χ0v) is 17.4. The minimum Gasteiger partial charge on any atom is -0.373 e. The van der Waals surface area contributed by atoms with E-state index in [2.05, 4.69) is 33.7 Å². The number of morpholine rings is 1. The Labute approximate surface area is 163 Å². The van der Waals surface area contributed by atoms with Gasteiger partial charge in [-0.15, -0.1) is 0 Å². The summed E-state index contributed by atoms with van der Waals surface area (Å²) in [5.74, 6) is 0. The quantitative estimate of drug-likeness (QED) is 0.773. The molecule has 0 aromatic heterocycles. The molecule has 0 saturated carbocycles. The van der Waals surface area contributed by atoms with Crippen LogP contribution >= 0.6 is 0 Å². The van der Waals surface area contributed by atoms with E-state index in [0.29, 0.717) is 19.6 Å². The Morgan fingerprint density at radius 1 is 1.00 bits per heavy atom. The van der Waals surface area contributed by atoms with Gasteiger partial charge in [-0.2, -0.15) is 17.4 Å². The summed E-state index contributed by atoms with van der Waals surface area (Å²) in [4.78, 5) is 4.81. The second kappa shape index (κ2) is 8.98. The average Bonchev–Trinajstić information content (AvgIpc) is 2.62. The summed E-state index contributed by atoms with van der Waals surface area (Å²) in [5, 5.41) is 0. The summed E-state index contributed by atoms with van der Waals surface area (Å²) in [6.45, 7) is 10.2. The van der Waals surface area contributed by atoms with Gasteiger partial charge in [0, 0.05) is 52.4 Å². The lowest BCUT2D eigenvalue weighted by molar-refractivity contribution is -0.0444. The van der Waals surface area contributed by atoms with Gasteiger partial charge in [0.05, 0.1) is 12.2 Å². The topological polar surface area (TPSA) is 65.1 Å². The average molecular weight is 397 g/mol. The highest BCUT2D eigenvalue weighted by molar-refractivity contribution is 7.87. The molecule has 0 bridgehead atoms. The van der Waals surface area contributed by atoms with Crippen molar-refractivity contribution in [2.75, 3.05) is 46.3 Å². The van der Waals surface area contributed by atoms with E-state index >= 15 is 0 Å². The lowest BCUT2D eigenvalue weighted by Gasteiger charge is -2.34. The van der Waals surface area contributed by atoms with E-state index in [4.69, 9.17) is 4.74 Å². The largest absolute Gasteiger partial charge is 0.373 e. The van der Waals surface area contributed by atoms with Crippen LogP contribution in [0.4, 0.5) is 0 Å². The van der Waals surface area contributed by atoms with E-state index in [1.54, 1.807) is 0 Å². The van der Waals surface area contributed by atoms with Crippen LogP contribution in [0.1, 0.15) is 25.0 Å². The van der Waals surface area contributed by atoms with E-state index in [9.17, 15) is 8.42 Å². The molecular weight excluding hydrogens is 364 g/mol. The minimum atomic E-state index is -3.49. The van der Waals surface area contributed by atoms with Crippen LogP contribution in [0.5, 0.6) is 0 Å². The van der Waals surface area contributed by atoms with Crippen LogP contribution in [0, 0.1) is 0 Å².